The summed E-state index contributed by atoms with van der Waals surface area (Å²) in [7, 11) is 0. The second-order valence-electron chi connectivity index (χ2n) is 2.98. The minimum atomic E-state index is 0.550. The van der Waals surface area contributed by atoms with Crippen molar-refractivity contribution in [3.05, 3.63) is 29.8 Å². The molecule has 0 aliphatic carbocycles. The van der Waals surface area contributed by atoms with Gasteiger partial charge in [-0.25, -0.2) is 0 Å². The molecular weight excluding hydrogens is 216 g/mol. The molecule has 0 heterocycles. The lowest BCUT2D eigenvalue weighted by molar-refractivity contribution is 0.398. The zero-order chi connectivity index (χ0) is 8.97. The van der Waals surface area contributed by atoms with Gasteiger partial charge in [-0.3, -0.25) is 0 Å². The van der Waals surface area contributed by atoms with Crippen LogP contribution in [0.1, 0.15) is 25.3 Å². The molecule has 0 saturated heterocycles. The molecule has 12 heavy (non-hydrogen) atoms. The van der Waals surface area contributed by atoms with Gasteiger partial charge in [0.05, 0.1) is 0 Å². The Hall–Kier alpha value is -0.500. The maximum Gasteiger partial charge on any atom is 0.143 e. The minimum absolute atomic E-state index is 0.550. The van der Waals surface area contributed by atoms with Crippen molar-refractivity contribution in [3.8, 4) is 5.75 Å². The molecule has 0 saturated carbocycles. The average molecular weight is 229 g/mol. The van der Waals surface area contributed by atoms with Crippen LogP contribution in [-0.2, 0) is 0 Å². The number of benzene rings is 1. The quantitative estimate of drug-likeness (QED) is 0.720. The van der Waals surface area contributed by atoms with E-state index >= 15 is 0 Å². The number of alkyl halides is 1. The first-order chi connectivity index (χ1) is 5.74. The maximum absolute atomic E-state index is 5.26. The molecule has 0 unspecified atom stereocenters. The molecule has 0 radical (unpaired) electrons. The summed E-state index contributed by atoms with van der Waals surface area (Å²) in [6.07, 6.45) is 0. The van der Waals surface area contributed by atoms with Crippen LogP contribution in [0.15, 0.2) is 24.3 Å². The van der Waals surface area contributed by atoms with E-state index in [1.165, 1.54) is 5.56 Å². The lowest BCUT2D eigenvalue weighted by atomic mass is 10.0. The number of rotatable bonds is 3. The van der Waals surface area contributed by atoms with Gasteiger partial charge >= 0.3 is 0 Å². The van der Waals surface area contributed by atoms with Crippen LogP contribution in [0.2, 0.25) is 0 Å². The Bertz CT molecular complexity index is 228. The van der Waals surface area contributed by atoms with Crippen LogP contribution in [0.3, 0.4) is 0 Å². The van der Waals surface area contributed by atoms with Gasteiger partial charge in [0.2, 0.25) is 0 Å². The molecule has 1 nitrogen and oxygen atoms in total. The van der Waals surface area contributed by atoms with E-state index in [-0.39, 0.29) is 0 Å². The number of hydrogen-bond acceptors (Lipinski definition) is 1. The van der Waals surface area contributed by atoms with Gasteiger partial charge in [-0.05, 0) is 39.5 Å². The van der Waals surface area contributed by atoms with Gasteiger partial charge in [0, 0.05) is 0 Å². The zero-order valence-corrected chi connectivity index (χ0v) is 8.97. The minimum Gasteiger partial charge on any atom is -0.482 e. The van der Waals surface area contributed by atoms with Crippen LogP contribution in [0, 0.1) is 0 Å². The molecule has 0 N–H and O–H groups in total. The SMILES string of the molecule is CC(C)c1ccc(OCBr)cc1. The third kappa shape index (κ3) is 2.52. The highest BCUT2D eigenvalue weighted by Crippen LogP contribution is 2.18. The summed E-state index contributed by atoms with van der Waals surface area (Å²) >= 11 is 3.21. The molecule has 0 aromatic heterocycles. The second-order valence-corrected chi connectivity index (χ2v) is 3.44. The third-order valence-corrected chi connectivity index (χ3v) is 2.00. The molecule has 0 aliphatic rings. The molecule has 0 amide bonds. The monoisotopic (exact) mass is 228 g/mol. The Balaban J connectivity index is 2.71. The highest BCUT2D eigenvalue weighted by atomic mass is 79.9. The van der Waals surface area contributed by atoms with Gasteiger partial charge < -0.3 is 4.74 Å². The van der Waals surface area contributed by atoms with Crippen molar-refractivity contribution in [2.24, 2.45) is 0 Å². The van der Waals surface area contributed by atoms with Gasteiger partial charge in [0.15, 0.2) is 0 Å². The molecule has 1 aromatic rings. The highest BCUT2D eigenvalue weighted by Gasteiger charge is 1.98. The van der Waals surface area contributed by atoms with Crippen molar-refractivity contribution in [2.75, 3.05) is 5.52 Å². The number of halogens is 1. The summed E-state index contributed by atoms with van der Waals surface area (Å²) in [4.78, 5) is 0. The van der Waals surface area contributed by atoms with Crippen molar-refractivity contribution in [3.63, 3.8) is 0 Å². The van der Waals surface area contributed by atoms with E-state index in [2.05, 4.69) is 41.9 Å². The van der Waals surface area contributed by atoms with Crippen LogP contribution in [-0.4, -0.2) is 5.52 Å². The van der Waals surface area contributed by atoms with Gasteiger partial charge in [-0.2, -0.15) is 0 Å². The first kappa shape index (κ1) is 9.59. The summed E-state index contributed by atoms with van der Waals surface area (Å²) in [5.41, 5.74) is 1.89. The summed E-state index contributed by atoms with van der Waals surface area (Å²) in [6, 6.07) is 8.19. The van der Waals surface area contributed by atoms with E-state index in [1.54, 1.807) is 0 Å². The summed E-state index contributed by atoms with van der Waals surface area (Å²) < 4.78 is 5.26. The highest BCUT2D eigenvalue weighted by molar-refractivity contribution is 9.09. The molecule has 1 aromatic carbocycles. The van der Waals surface area contributed by atoms with Gasteiger partial charge in [-0.15, -0.1) is 0 Å². The van der Waals surface area contributed by atoms with E-state index in [0.717, 1.165) is 5.75 Å². The van der Waals surface area contributed by atoms with Crippen LogP contribution in [0.4, 0.5) is 0 Å². The lowest BCUT2D eigenvalue weighted by Gasteiger charge is -2.06. The smallest absolute Gasteiger partial charge is 0.143 e. The van der Waals surface area contributed by atoms with Gasteiger partial charge in [0.1, 0.15) is 11.3 Å². The fraction of sp³-hybridized carbons (Fsp3) is 0.400. The van der Waals surface area contributed by atoms with Crippen molar-refractivity contribution >= 4 is 15.9 Å². The molecule has 0 spiro atoms. The van der Waals surface area contributed by atoms with E-state index in [1.807, 2.05) is 12.1 Å². The number of hydrogen-bond donors (Lipinski definition) is 0. The molecule has 0 fully saturated rings. The van der Waals surface area contributed by atoms with Crippen molar-refractivity contribution in [2.45, 2.75) is 19.8 Å². The predicted octanol–water partition coefficient (Wildman–Crippen LogP) is 3.54. The van der Waals surface area contributed by atoms with E-state index < -0.39 is 0 Å². The summed E-state index contributed by atoms with van der Waals surface area (Å²) in [5, 5.41) is 0. The average Bonchev–Trinajstić information content (AvgIpc) is 2.06. The Labute approximate surface area is 81.9 Å². The Morgan fingerprint density at radius 1 is 1.25 bits per heavy atom. The van der Waals surface area contributed by atoms with E-state index in [4.69, 9.17) is 4.74 Å². The molecule has 2 heteroatoms. The van der Waals surface area contributed by atoms with E-state index in [0.29, 0.717) is 11.4 Å². The molecule has 1 rings (SSSR count). The first-order valence-electron chi connectivity index (χ1n) is 4.02. The molecule has 0 aliphatic heterocycles. The third-order valence-electron chi connectivity index (χ3n) is 1.77. The lowest BCUT2D eigenvalue weighted by Crippen LogP contribution is -1.90. The second kappa shape index (κ2) is 4.51. The Kier molecular flexibility index (Phi) is 3.60. The van der Waals surface area contributed by atoms with Gasteiger partial charge in [-0.1, -0.05) is 26.0 Å². The standard InChI is InChI=1S/C10H13BrO/c1-8(2)9-3-5-10(6-4-9)12-7-11/h3-6,8H,7H2,1-2H3. The summed E-state index contributed by atoms with van der Waals surface area (Å²) in [6.45, 7) is 4.36. The Morgan fingerprint density at radius 2 is 1.83 bits per heavy atom. The molecule has 0 bridgehead atoms. The van der Waals surface area contributed by atoms with Crippen molar-refractivity contribution < 1.29 is 4.74 Å². The van der Waals surface area contributed by atoms with Crippen LogP contribution < -0.4 is 4.74 Å². The van der Waals surface area contributed by atoms with Crippen LogP contribution in [0.5, 0.6) is 5.75 Å². The molecule has 0 atom stereocenters. The topological polar surface area (TPSA) is 9.23 Å². The Morgan fingerprint density at radius 3 is 2.25 bits per heavy atom. The fourth-order valence-electron chi connectivity index (χ4n) is 1.01. The summed E-state index contributed by atoms with van der Waals surface area (Å²) in [5.74, 6) is 1.50. The molecular formula is C10H13BrO. The number of ether oxygens (including phenoxy) is 1. The first-order valence-corrected chi connectivity index (χ1v) is 5.15. The largest absolute Gasteiger partial charge is 0.482 e. The maximum atomic E-state index is 5.26. The molecule has 66 valence electrons. The van der Waals surface area contributed by atoms with E-state index in [9.17, 15) is 0 Å². The zero-order valence-electron chi connectivity index (χ0n) is 7.38. The normalized spacial score (nSPS) is 10.3. The van der Waals surface area contributed by atoms with Crippen molar-refractivity contribution in [1.82, 2.24) is 0 Å². The van der Waals surface area contributed by atoms with Crippen molar-refractivity contribution in [1.29, 1.82) is 0 Å². The fourth-order valence-corrected chi connectivity index (χ4v) is 1.28. The van der Waals surface area contributed by atoms with Gasteiger partial charge in [0.25, 0.3) is 0 Å². The van der Waals surface area contributed by atoms with Crippen LogP contribution in [0.25, 0.3) is 0 Å². The predicted molar refractivity (Wildman–Crippen MR) is 55.0 cm³/mol. The van der Waals surface area contributed by atoms with Crippen LogP contribution >= 0.6 is 15.9 Å².